The van der Waals surface area contributed by atoms with Gasteiger partial charge in [0.1, 0.15) is 13.2 Å². The molecule has 0 spiro atoms. The van der Waals surface area contributed by atoms with Crippen molar-refractivity contribution in [3.63, 3.8) is 0 Å². The molecule has 450 valence electrons. The van der Waals surface area contributed by atoms with Crippen LogP contribution in [0.2, 0.25) is 0 Å². The smallest absolute Gasteiger partial charge is 0.306 e. The van der Waals surface area contributed by atoms with Gasteiger partial charge in [-0.15, -0.1) is 0 Å². The summed E-state index contributed by atoms with van der Waals surface area (Å²) in [6.07, 6.45) is 87.4. The Bertz CT molecular complexity index is 1480. The summed E-state index contributed by atoms with van der Waals surface area (Å²) in [5, 5.41) is 0. The monoisotopic (exact) mass is 1090 g/mol. The summed E-state index contributed by atoms with van der Waals surface area (Å²) in [6, 6.07) is 0. The molecule has 0 aromatic carbocycles. The minimum atomic E-state index is -0.777. The fourth-order valence-electron chi connectivity index (χ4n) is 9.62. The third-order valence-electron chi connectivity index (χ3n) is 14.6. The highest BCUT2D eigenvalue weighted by molar-refractivity contribution is 5.71. The van der Waals surface area contributed by atoms with Gasteiger partial charge in [0.25, 0.3) is 0 Å². The minimum Gasteiger partial charge on any atom is -0.462 e. The van der Waals surface area contributed by atoms with Crippen molar-refractivity contribution >= 4 is 17.9 Å². The lowest BCUT2D eigenvalue weighted by Crippen LogP contribution is -2.30. The highest BCUT2D eigenvalue weighted by atomic mass is 16.6. The van der Waals surface area contributed by atoms with Gasteiger partial charge < -0.3 is 14.2 Å². The molecule has 1 unspecified atom stereocenters. The van der Waals surface area contributed by atoms with Crippen molar-refractivity contribution in [1.29, 1.82) is 0 Å². The molecule has 0 aliphatic rings. The van der Waals surface area contributed by atoms with Gasteiger partial charge in [0, 0.05) is 19.3 Å². The van der Waals surface area contributed by atoms with Gasteiger partial charge in [0.2, 0.25) is 0 Å². The number of unbranched alkanes of at least 4 members (excludes halogenated alkanes) is 36. The van der Waals surface area contributed by atoms with E-state index in [4.69, 9.17) is 14.2 Å². The second-order valence-electron chi connectivity index (χ2n) is 22.4. The topological polar surface area (TPSA) is 78.9 Å². The predicted molar refractivity (Wildman–Crippen MR) is 339 cm³/mol. The molecule has 0 aliphatic heterocycles. The second kappa shape index (κ2) is 66.1. The van der Waals surface area contributed by atoms with E-state index in [9.17, 15) is 14.4 Å². The number of carbonyl (C=O) groups is 3. The van der Waals surface area contributed by atoms with Crippen LogP contribution < -0.4 is 0 Å². The molecule has 78 heavy (non-hydrogen) atoms. The normalized spacial score (nSPS) is 12.6. The van der Waals surface area contributed by atoms with Crippen molar-refractivity contribution in [2.24, 2.45) is 0 Å². The summed E-state index contributed by atoms with van der Waals surface area (Å²) in [5.74, 6) is -0.865. The van der Waals surface area contributed by atoms with E-state index >= 15 is 0 Å². The van der Waals surface area contributed by atoms with Gasteiger partial charge in [0.15, 0.2) is 6.10 Å². The summed E-state index contributed by atoms with van der Waals surface area (Å²) >= 11 is 0. The number of ether oxygens (including phenoxy) is 3. The number of esters is 3. The molecule has 0 N–H and O–H groups in total. The van der Waals surface area contributed by atoms with E-state index < -0.39 is 6.10 Å². The first kappa shape index (κ1) is 74.6. The number of hydrogen-bond donors (Lipinski definition) is 0. The van der Waals surface area contributed by atoms with E-state index in [1.807, 2.05) is 0 Å². The standard InChI is InChI=1S/C72H126O6/c1-4-7-10-13-16-19-22-25-27-29-30-31-32-33-34-35-36-37-38-39-40-41-42-44-45-47-50-53-56-59-62-65-71(74)77-68-69(67-76-70(73)64-61-58-55-52-49-24-21-18-15-12-9-6-3)78-72(75)66-63-60-57-54-51-48-46-43-28-26-23-20-17-14-11-8-5-2/h7,10,16,19,25-28,30-31,33-34,36-37,69H,4-6,8-9,11-15,17-18,20-24,29,32,35,38-68H2,1-3H3/b10-7-,19-16-,27-25-,28-26-,31-30-,34-33-,37-36-. The van der Waals surface area contributed by atoms with Crippen LogP contribution in [-0.2, 0) is 28.6 Å². The van der Waals surface area contributed by atoms with E-state index in [-0.39, 0.29) is 31.1 Å². The third kappa shape index (κ3) is 63.4. The molecule has 0 aromatic heterocycles. The first-order chi connectivity index (χ1) is 38.5. The third-order valence-corrected chi connectivity index (χ3v) is 14.6. The van der Waals surface area contributed by atoms with E-state index in [1.165, 1.54) is 199 Å². The molecule has 0 radical (unpaired) electrons. The van der Waals surface area contributed by atoms with Gasteiger partial charge in [-0.05, 0) is 96.3 Å². The lowest BCUT2D eigenvalue weighted by Gasteiger charge is -2.18. The molecular formula is C72H126O6. The maximum absolute atomic E-state index is 12.9. The summed E-state index contributed by atoms with van der Waals surface area (Å²) in [6.45, 7) is 6.55. The number of allylic oxidation sites excluding steroid dienone is 14. The molecule has 0 saturated heterocycles. The van der Waals surface area contributed by atoms with E-state index in [2.05, 4.69) is 106 Å². The molecule has 1 atom stereocenters. The lowest BCUT2D eigenvalue weighted by atomic mass is 10.0. The Hall–Kier alpha value is -3.41. The zero-order valence-corrected chi connectivity index (χ0v) is 51.7. The van der Waals surface area contributed by atoms with Crippen LogP contribution in [0.4, 0.5) is 0 Å². The highest BCUT2D eigenvalue weighted by Crippen LogP contribution is 2.17. The summed E-state index contributed by atoms with van der Waals surface area (Å²) < 4.78 is 16.9. The van der Waals surface area contributed by atoms with Gasteiger partial charge in [0.05, 0.1) is 0 Å². The van der Waals surface area contributed by atoms with Crippen molar-refractivity contribution in [3.8, 4) is 0 Å². The molecular weight excluding hydrogens is 961 g/mol. The fraction of sp³-hybridized carbons (Fsp3) is 0.764. The summed E-state index contributed by atoms with van der Waals surface area (Å²) in [4.78, 5) is 38.3. The van der Waals surface area contributed by atoms with E-state index in [0.29, 0.717) is 19.3 Å². The highest BCUT2D eigenvalue weighted by Gasteiger charge is 2.19. The average molecular weight is 1090 g/mol. The van der Waals surface area contributed by atoms with Gasteiger partial charge in [-0.25, -0.2) is 0 Å². The molecule has 0 rings (SSSR count). The van der Waals surface area contributed by atoms with Crippen LogP contribution in [0.1, 0.15) is 335 Å². The van der Waals surface area contributed by atoms with E-state index in [1.54, 1.807) is 0 Å². The fourth-order valence-corrected chi connectivity index (χ4v) is 9.62. The molecule has 0 fully saturated rings. The van der Waals surface area contributed by atoms with Gasteiger partial charge in [-0.2, -0.15) is 0 Å². The molecule has 0 bridgehead atoms. The molecule has 0 saturated carbocycles. The summed E-state index contributed by atoms with van der Waals surface area (Å²) in [5.41, 5.74) is 0. The maximum atomic E-state index is 12.9. The molecule has 6 heteroatoms. The number of hydrogen-bond acceptors (Lipinski definition) is 6. The van der Waals surface area contributed by atoms with Crippen LogP contribution >= 0.6 is 0 Å². The number of rotatable bonds is 61. The Morgan fingerprint density at radius 3 is 0.795 bits per heavy atom. The van der Waals surface area contributed by atoms with Crippen molar-refractivity contribution < 1.29 is 28.6 Å². The van der Waals surface area contributed by atoms with Crippen LogP contribution in [0.5, 0.6) is 0 Å². The van der Waals surface area contributed by atoms with Crippen molar-refractivity contribution in [1.82, 2.24) is 0 Å². The van der Waals surface area contributed by atoms with Crippen LogP contribution in [0, 0.1) is 0 Å². The van der Waals surface area contributed by atoms with Gasteiger partial charge in [-0.1, -0.05) is 305 Å². The molecule has 0 heterocycles. The second-order valence-corrected chi connectivity index (χ2v) is 22.4. The van der Waals surface area contributed by atoms with Crippen molar-refractivity contribution in [2.45, 2.75) is 341 Å². The maximum Gasteiger partial charge on any atom is 0.306 e. The van der Waals surface area contributed by atoms with E-state index in [0.717, 1.165) is 96.3 Å². The van der Waals surface area contributed by atoms with Crippen LogP contribution in [-0.4, -0.2) is 37.2 Å². The zero-order chi connectivity index (χ0) is 56.4. The summed E-state index contributed by atoms with van der Waals surface area (Å²) in [7, 11) is 0. The first-order valence-corrected chi connectivity index (χ1v) is 33.6. The average Bonchev–Trinajstić information content (AvgIpc) is 3.44. The van der Waals surface area contributed by atoms with Gasteiger partial charge in [-0.3, -0.25) is 14.4 Å². The molecule has 0 aromatic rings. The Morgan fingerprint density at radius 1 is 0.269 bits per heavy atom. The SMILES string of the molecule is CC/C=C\C/C=C\C/C=C\C/C=C\C/C=C\C/C=C\CCCCCCCCCCCCCCC(=O)OCC(COC(=O)CCCCCCCCCCCCCC)OC(=O)CCCCCCCCC/C=C\CCCCCCCC. The molecule has 6 nitrogen and oxygen atoms in total. The van der Waals surface area contributed by atoms with Crippen LogP contribution in [0.3, 0.4) is 0 Å². The van der Waals surface area contributed by atoms with Gasteiger partial charge >= 0.3 is 17.9 Å². The van der Waals surface area contributed by atoms with Crippen molar-refractivity contribution in [3.05, 3.63) is 85.1 Å². The Morgan fingerprint density at radius 2 is 0.500 bits per heavy atom. The Labute approximate surface area is 484 Å². The zero-order valence-electron chi connectivity index (χ0n) is 51.7. The minimum absolute atomic E-state index is 0.0740. The number of carbonyl (C=O) groups excluding carboxylic acids is 3. The molecule has 0 amide bonds. The predicted octanol–water partition coefficient (Wildman–Crippen LogP) is 23.1. The quantitative estimate of drug-likeness (QED) is 0.0261. The largest absolute Gasteiger partial charge is 0.462 e. The Balaban J connectivity index is 4.21. The molecule has 0 aliphatic carbocycles. The Kier molecular flexibility index (Phi) is 63.2. The first-order valence-electron chi connectivity index (χ1n) is 33.6. The van der Waals surface area contributed by atoms with Crippen LogP contribution in [0.15, 0.2) is 85.1 Å². The van der Waals surface area contributed by atoms with Crippen molar-refractivity contribution in [2.75, 3.05) is 13.2 Å². The lowest BCUT2D eigenvalue weighted by molar-refractivity contribution is -0.167. The van der Waals surface area contributed by atoms with Crippen LogP contribution in [0.25, 0.3) is 0 Å².